The van der Waals surface area contributed by atoms with Crippen LogP contribution in [0.15, 0.2) is 30.7 Å². The zero-order valence-electron chi connectivity index (χ0n) is 9.81. The van der Waals surface area contributed by atoms with Gasteiger partial charge in [0.25, 0.3) is 5.91 Å². The summed E-state index contributed by atoms with van der Waals surface area (Å²) in [6.07, 6.45) is 7.12. The van der Waals surface area contributed by atoms with Crippen LogP contribution in [0.25, 0.3) is 0 Å². The molecule has 5 nitrogen and oxygen atoms in total. The molecule has 17 heavy (non-hydrogen) atoms. The minimum atomic E-state index is -0.0306. The predicted octanol–water partition coefficient (Wildman–Crippen LogP) is 1.11. The van der Waals surface area contributed by atoms with Crippen LogP contribution in [0.5, 0.6) is 0 Å². The van der Waals surface area contributed by atoms with Gasteiger partial charge in [0.1, 0.15) is 11.5 Å². The van der Waals surface area contributed by atoms with Crippen LogP contribution >= 0.6 is 0 Å². The van der Waals surface area contributed by atoms with Crippen LogP contribution in [0.4, 0.5) is 0 Å². The van der Waals surface area contributed by atoms with Crippen LogP contribution in [0.3, 0.4) is 0 Å². The molecule has 90 valence electrons. The van der Waals surface area contributed by atoms with E-state index in [2.05, 4.69) is 15.3 Å². The van der Waals surface area contributed by atoms with E-state index in [0.717, 1.165) is 18.7 Å². The van der Waals surface area contributed by atoms with E-state index < -0.39 is 0 Å². The number of carbonyl (C=O) groups excluding carboxylic acids is 1. The molecule has 5 heteroatoms. The Hall–Kier alpha value is -2.04. The second-order valence-corrected chi connectivity index (χ2v) is 3.90. The van der Waals surface area contributed by atoms with Crippen molar-refractivity contribution in [2.24, 2.45) is 7.05 Å². The maximum Gasteiger partial charge on any atom is 0.267 e. The number of aryl methyl sites for hydroxylation is 2. The Kier molecular flexibility index (Phi) is 3.59. The summed E-state index contributed by atoms with van der Waals surface area (Å²) < 4.78 is 1.81. The highest BCUT2D eigenvalue weighted by molar-refractivity contribution is 5.92. The molecule has 2 rings (SSSR count). The second kappa shape index (κ2) is 5.34. The topological polar surface area (TPSA) is 62.7 Å². The van der Waals surface area contributed by atoms with Crippen LogP contribution in [0.1, 0.15) is 22.7 Å². The third kappa shape index (κ3) is 2.96. The van der Waals surface area contributed by atoms with Crippen molar-refractivity contribution in [1.82, 2.24) is 19.9 Å². The molecular formula is C12H16N4O. The Labute approximate surface area is 99.9 Å². The van der Waals surface area contributed by atoms with E-state index in [1.165, 1.54) is 0 Å². The first kappa shape index (κ1) is 11.4. The first-order chi connectivity index (χ1) is 8.27. The van der Waals surface area contributed by atoms with Crippen LogP contribution in [-0.2, 0) is 13.5 Å². The van der Waals surface area contributed by atoms with Gasteiger partial charge >= 0.3 is 0 Å². The lowest BCUT2D eigenvalue weighted by Gasteiger charge is -2.05. The van der Waals surface area contributed by atoms with Crippen LogP contribution in [0, 0.1) is 0 Å². The van der Waals surface area contributed by atoms with Crippen molar-refractivity contribution in [3.05, 3.63) is 42.2 Å². The van der Waals surface area contributed by atoms with Crippen molar-refractivity contribution in [2.75, 3.05) is 6.54 Å². The highest BCUT2D eigenvalue weighted by atomic mass is 16.1. The first-order valence-corrected chi connectivity index (χ1v) is 5.65. The van der Waals surface area contributed by atoms with Crippen molar-refractivity contribution >= 4 is 5.91 Å². The third-order valence-corrected chi connectivity index (χ3v) is 2.61. The number of hydrogen-bond acceptors (Lipinski definition) is 2. The fraction of sp³-hybridized carbons (Fsp3) is 0.333. The molecule has 0 saturated heterocycles. The molecule has 0 bridgehead atoms. The summed E-state index contributed by atoms with van der Waals surface area (Å²) in [5, 5.41) is 2.89. The normalized spacial score (nSPS) is 10.4. The molecule has 0 saturated carbocycles. The Balaban J connectivity index is 1.72. The molecule has 0 atom stereocenters. The van der Waals surface area contributed by atoms with Crippen molar-refractivity contribution < 1.29 is 4.79 Å². The minimum absolute atomic E-state index is 0.0306. The van der Waals surface area contributed by atoms with Gasteiger partial charge in [-0.25, -0.2) is 4.98 Å². The average Bonchev–Trinajstić information content (AvgIpc) is 2.95. The van der Waals surface area contributed by atoms with Gasteiger partial charge in [0, 0.05) is 38.6 Å². The van der Waals surface area contributed by atoms with E-state index in [9.17, 15) is 4.79 Å². The van der Waals surface area contributed by atoms with E-state index >= 15 is 0 Å². The molecule has 0 spiro atoms. The number of carbonyl (C=O) groups is 1. The molecule has 2 N–H and O–H groups in total. The summed E-state index contributed by atoms with van der Waals surface area (Å²) in [6, 6.07) is 3.67. The van der Waals surface area contributed by atoms with E-state index in [-0.39, 0.29) is 5.91 Å². The summed E-state index contributed by atoms with van der Waals surface area (Å²) in [6.45, 7) is 0.657. The fourth-order valence-corrected chi connectivity index (χ4v) is 1.68. The fourth-order valence-electron chi connectivity index (χ4n) is 1.68. The van der Waals surface area contributed by atoms with Crippen molar-refractivity contribution in [2.45, 2.75) is 12.8 Å². The number of hydrogen-bond donors (Lipinski definition) is 2. The molecule has 0 unspecified atom stereocenters. The Morgan fingerprint density at radius 2 is 2.47 bits per heavy atom. The molecule has 2 heterocycles. The lowest BCUT2D eigenvalue weighted by Crippen LogP contribution is -2.26. The van der Waals surface area contributed by atoms with Crippen molar-refractivity contribution in [3.8, 4) is 0 Å². The summed E-state index contributed by atoms with van der Waals surface area (Å²) in [5.74, 6) is 0.926. The molecule has 0 aliphatic rings. The SMILES string of the molecule is Cn1cccc1C(=O)NCCCc1ncc[nH]1. The van der Waals surface area contributed by atoms with Crippen molar-refractivity contribution in [1.29, 1.82) is 0 Å². The quantitative estimate of drug-likeness (QED) is 0.758. The standard InChI is InChI=1S/C12H16N4O/c1-16-9-3-4-10(16)12(17)15-6-2-5-11-13-7-8-14-11/h3-4,7-9H,2,5-6H2,1H3,(H,13,14)(H,15,17). The summed E-state index contributed by atoms with van der Waals surface area (Å²) >= 11 is 0. The summed E-state index contributed by atoms with van der Waals surface area (Å²) in [7, 11) is 1.86. The maximum absolute atomic E-state index is 11.7. The summed E-state index contributed by atoms with van der Waals surface area (Å²) in [4.78, 5) is 18.9. The van der Waals surface area contributed by atoms with Crippen molar-refractivity contribution in [3.63, 3.8) is 0 Å². The maximum atomic E-state index is 11.7. The van der Waals surface area contributed by atoms with Crippen LogP contribution in [-0.4, -0.2) is 27.0 Å². The highest BCUT2D eigenvalue weighted by Crippen LogP contribution is 1.99. The molecular weight excluding hydrogens is 216 g/mol. The van der Waals surface area contributed by atoms with Crippen LogP contribution < -0.4 is 5.32 Å². The smallest absolute Gasteiger partial charge is 0.267 e. The number of aromatic amines is 1. The molecule has 0 aromatic carbocycles. The number of amides is 1. The van der Waals surface area contributed by atoms with Gasteiger partial charge in [0.2, 0.25) is 0 Å². The number of nitrogens with one attached hydrogen (secondary N) is 2. The van der Waals surface area contributed by atoms with E-state index in [1.54, 1.807) is 12.4 Å². The molecule has 2 aromatic rings. The monoisotopic (exact) mass is 232 g/mol. The number of nitrogens with zero attached hydrogens (tertiary/aromatic N) is 2. The van der Waals surface area contributed by atoms with E-state index in [0.29, 0.717) is 12.2 Å². The Bertz CT molecular complexity index is 472. The van der Waals surface area contributed by atoms with Gasteiger partial charge in [-0.05, 0) is 18.6 Å². The number of aromatic nitrogens is 3. The lowest BCUT2D eigenvalue weighted by atomic mass is 10.3. The van der Waals surface area contributed by atoms with Gasteiger partial charge in [0.05, 0.1) is 0 Å². The summed E-state index contributed by atoms with van der Waals surface area (Å²) in [5.41, 5.74) is 0.683. The first-order valence-electron chi connectivity index (χ1n) is 5.65. The van der Waals surface area contributed by atoms with Gasteiger partial charge in [0.15, 0.2) is 0 Å². The second-order valence-electron chi connectivity index (χ2n) is 3.90. The zero-order valence-corrected chi connectivity index (χ0v) is 9.81. The van der Waals surface area contributed by atoms with Gasteiger partial charge < -0.3 is 14.9 Å². The number of rotatable bonds is 5. The highest BCUT2D eigenvalue weighted by Gasteiger charge is 2.07. The lowest BCUT2D eigenvalue weighted by molar-refractivity contribution is 0.0945. The van der Waals surface area contributed by atoms with Gasteiger partial charge in [-0.15, -0.1) is 0 Å². The zero-order chi connectivity index (χ0) is 12.1. The molecule has 0 aliphatic carbocycles. The van der Waals surface area contributed by atoms with Gasteiger partial charge in [-0.1, -0.05) is 0 Å². The van der Waals surface area contributed by atoms with Crippen LogP contribution in [0.2, 0.25) is 0 Å². The third-order valence-electron chi connectivity index (χ3n) is 2.61. The molecule has 0 fully saturated rings. The van der Waals surface area contributed by atoms with Gasteiger partial charge in [-0.2, -0.15) is 0 Å². The predicted molar refractivity (Wildman–Crippen MR) is 64.7 cm³/mol. The Morgan fingerprint density at radius 3 is 3.12 bits per heavy atom. The average molecular weight is 232 g/mol. The molecule has 0 aliphatic heterocycles. The Morgan fingerprint density at radius 1 is 1.59 bits per heavy atom. The number of H-pyrrole nitrogens is 1. The minimum Gasteiger partial charge on any atom is -0.351 e. The number of imidazole rings is 1. The molecule has 1 amide bonds. The van der Waals surface area contributed by atoms with Gasteiger partial charge in [-0.3, -0.25) is 4.79 Å². The molecule has 0 radical (unpaired) electrons. The van der Waals surface area contributed by atoms with E-state index in [4.69, 9.17) is 0 Å². The molecule has 2 aromatic heterocycles. The van der Waals surface area contributed by atoms with E-state index in [1.807, 2.05) is 29.9 Å². The largest absolute Gasteiger partial charge is 0.351 e.